The van der Waals surface area contributed by atoms with E-state index in [4.69, 9.17) is 0 Å². The predicted octanol–water partition coefficient (Wildman–Crippen LogP) is 1.14. The van der Waals surface area contributed by atoms with Crippen LogP contribution in [0.15, 0.2) is 0 Å². The maximum atomic E-state index is 12.0. The molecule has 5 nitrogen and oxygen atoms in total. The zero-order chi connectivity index (χ0) is 12.3. The highest BCUT2D eigenvalue weighted by Crippen LogP contribution is 2.28. The third kappa shape index (κ3) is 2.68. The monoisotopic (exact) mass is 258 g/mol. The first-order valence-electron chi connectivity index (χ1n) is 6.02. The van der Waals surface area contributed by atoms with Crippen LogP contribution in [-0.4, -0.2) is 52.1 Å². The quantitative estimate of drug-likeness (QED) is 0.779. The smallest absolute Gasteiger partial charge is 0.330 e. The average molecular weight is 258 g/mol. The number of carboxylic acids is 1. The van der Waals surface area contributed by atoms with Crippen LogP contribution < -0.4 is 5.32 Å². The lowest BCUT2D eigenvalue weighted by atomic mass is 9.99. The number of piperidine rings is 1. The van der Waals surface area contributed by atoms with Gasteiger partial charge in [-0.25, -0.2) is 9.59 Å². The largest absolute Gasteiger partial charge is 0.479 e. The highest BCUT2D eigenvalue weighted by atomic mass is 32.2. The number of carbonyl (C=O) groups excluding carboxylic acids is 1. The fourth-order valence-electron chi connectivity index (χ4n) is 2.27. The number of hydrogen-bond donors (Lipinski definition) is 2. The molecule has 0 aromatic carbocycles. The van der Waals surface area contributed by atoms with E-state index in [1.807, 2.05) is 0 Å². The predicted molar refractivity (Wildman–Crippen MR) is 66.3 cm³/mol. The van der Waals surface area contributed by atoms with Gasteiger partial charge in [0.15, 0.2) is 0 Å². The molecule has 2 aliphatic heterocycles. The molecule has 0 radical (unpaired) electrons. The number of carboxylic acid groups (broad SMARTS) is 1. The molecule has 0 aromatic rings. The fourth-order valence-corrected chi connectivity index (χ4v) is 3.59. The summed E-state index contributed by atoms with van der Waals surface area (Å²) in [5, 5.41) is 12.0. The normalized spacial score (nSPS) is 29.1. The fraction of sp³-hybridized carbons (Fsp3) is 0.818. The summed E-state index contributed by atoms with van der Waals surface area (Å²) in [6.45, 7) is 1.49. The van der Waals surface area contributed by atoms with E-state index >= 15 is 0 Å². The molecule has 0 aromatic heterocycles. The summed E-state index contributed by atoms with van der Waals surface area (Å²) in [5.41, 5.74) is -1.04. The molecule has 96 valence electrons. The minimum Gasteiger partial charge on any atom is -0.479 e. The van der Waals surface area contributed by atoms with Gasteiger partial charge in [-0.3, -0.25) is 0 Å². The Kier molecular flexibility index (Phi) is 3.81. The van der Waals surface area contributed by atoms with Gasteiger partial charge in [0.25, 0.3) is 0 Å². The maximum absolute atomic E-state index is 12.0. The van der Waals surface area contributed by atoms with E-state index in [2.05, 4.69) is 5.32 Å². The van der Waals surface area contributed by atoms with Crippen LogP contribution in [0.3, 0.4) is 0 Å². The maximum Gasteiger partial charge on any atom is 0.330 e. The number of amides is 2. The highest BCUT2D eigenvalue weighted by Gasteiger charge is 2.44. The summed E-state index contributed by atoms with van der Waals surface area (Å²) >= 11 is 1.58. The molecule has 2 amide bonds. The number of urea groups is 1. The molecule has 2 fully saturated rings. The van der Waals surface area contributed by atoms with E-state index in [1.54, 1.807) is 16.7 Å². The third-order valence-corrected chi connectivity index (χ3v) is 4.61. The van der Waals surface area contributed by atoms with Crippen molar-refractivity contribution in [2.75, 3.05) is 24.6 Å². The van der Waals surface area contributed by atoms with Crippen molar-refractivity contribution in [1.82, 2.24) is 10.2 Å². The molecule has 0 spiro atoms. The Labute approximate surface area is 105 Å². The molecule has 0 aliphatic carbocycles. The van der Waals surface area contributed by atoms with Crippen molar-refractivity contribution in [1.29, 1.82) is 0 Å². The molecule has 6 heteroatoms. The van der Waals surface area contributed by atoms with E-state index in [0.29, 0.717) is 12.2 Å². The molecule has 2 aliphatic rings. The molecule has 1 atom stereocenters. The summed E-state index contributed by atoms with van der Waals surface area (Å²) in [4.78, 5) is 25.0. The standard InChI is InChI=1S/C11H18N2O3S/c14-9(15)11(4-7-17-8-11)12-10(16)13-5-2-1-3-6-13/h1-8H2,(H,12,16)(H,14,15). The zero-order valence-electron chi connectivity index (χ0n) is 9.78. The number of aliphatic carboxylic acids is 1. The van der Waals surface area contributed by atoms with Gasteiger partial charge in [-0.1, -0.05) is 0 Å². The lowest BCUT2D eigenvalue weighted by molar-refractivity contribution is -0.143. The van der Waals surface area contributed by atoms with Gasteiger partial charge in [-0.15, -0.1) is 0 Å². The Bertz CT molecular complexity index is 310. The number of nitrogens with one attached hydrogen (secondary N) is 1. The molecule has 2 saturated heterocycles. The van der Waals surface area contributed by atoms with Gasteiger partial charge in [0.1, 0.15) is 5.54 Å². The molecule has 2 heterocycles. The van der Waals surface area contributed by atoms with E-state index in [9.17, 15) is 14.7 Å². The molecular formula is C11H18N2O3S. The van der Waals surface area contributed by atoms with Crippen LogP contribution in [0.25, 0.3) is 0 Å². The summed E-state index contributed by atoms with van der Waals surface area (Å²) in [6.07, 6.45) is 3.71. The summed E-state index contributed by atoms with van der Waals surface area (Å²) in [5.74, 6) is 0.363. The van der Waals surface area contributed by atoms with Gasteiger partial charge >= 0.3 is 12.0 Å². The van der Waals surface area contributed by atoms with Crippen LogP contribution in [0.5, 0.6) is 0 Å². The molecule has 1 unspecified atom stereocenters. The molecule has 0 saturated carbocycles. The Hall–Kier alpha value is -0.910. The van der Waals surface area contributed by atoms with Crippen LogP contribution in [0.4, 0.5) is 4.79 Å². The van der Waals surface area contributed by atoms with E-state index in [1.165, 1.54) is 0 Å². The van der Waals surface area contributed by atoms with Crippen LogP contribution >= 0.6 is 11.8 Å². The Balaban J connectivity index is 1.98. The minimum absolute atomic E-state index is 0.213. The lowest BCUT2D eigenvalue weighted by Crippen LogP contribution is -2.58. The minimum atomic E-state index is -1.04. The molecule has 2 rings (SSSR count). The lowest BCUT2D eigenvalue weighted by Gasteiger charge is -2.32. The van der Waals surface area contributed by atoms with E-state index in [-0.39, 0.29) is 6.03 Å². The average Bonchev–Trinajstić information content (AvgIpc) is 2.80. The SMILES string of the molecule is O=C(NC1(C(=O)O)CCSC1)N1CCCCC1. The van der Waals surface area contributed by atoms with Crippen molar-refractivity contribution in [3.8, 4) is 0 Å². The van der Waals surface area contributed by atoms with Crippen molar-refractivity contribution in [3.05, 3.63) is 0 Å². The van der Waals surface area contributed by atoms with Crippen LogP contribution in [0.1, 0.15) is 25.7 Å². The summed E-state index contributed by atoms with van der Waals surface area (Å²) in [6, 6.07) is -0.213. The second kappa shape index (κ2) is 5.16. The summed E-state index contributed by atoms with van der Waals surface area (Å²) < 4.78 is 0. The first-order valence-corrected chi connectivity index (χ1v) is 7.18. The zero-order valence-corrected chi connectivity index (χ0v) is 10.6. The Morgan fingerprint density at radius 3 is 2.47 bits per heavy atom. The van der Waals surface area contributed by atoms with Gasteiger partial charge in [-0.2, -0.15) is 11.8 Å². The third-order valence-electron chi connectivity index (χ3n) is 3.42. The molecule has 2 N–H and O–H groups in total. The number of thioether (sulfide) groups is 1. The Morgan fingerprint density at radius 1 is 1.24 bits per heavy atom. The Morgan fingerprint density at radius 2 is 1.94 bits per heavy atom. The summed E-state index contributed by atoms with van der Waals surface area (Å²) in [7, 11) is 0. The number of carbonyl (C=O) groups is 2. The van der Waals surface area contributed by atoms with Crippen LogP contribution in [-0.2, 0) is 4.79 Å². The van der Waals surface area contributed by atoms with Gasteiger partial charge in [0.05, 0.1) is 0 Å². The number of nitrogens with zero attached hydrogens (tertiary/aromatic N) is 1. The van der Waals surface area contributed by atoms with Gasteiger partial charge in [0.2, 0.25) is 0 Å². The van der Waals surface area contributed by atoms with Gasteiger partial charge in [0, 0.05) is 18.8 Å². The second-order valence-corrected chi connectivity index (χ2v) is 5.77. The number of rotatable bonds is 2. The number of hydrogen-bond acceptors (Lipinski definition) is 3. The number of likely N-dealkylation sites (tertiary alicyclic amines) is 1. The molecule has 0 bridgehead atoms. The first kappa shape index (κ1) is 12.5. The van der Waals surface area contributed by atoms with Crippen molar-refractivity contribution < 1.29 is 14.7 Å². The topological polar surface area (TPSA) is 69.6 Å². The van der Waals surface area contributed by atoms with Crippen molar-refractivity contribution in [2.24, 2.45) is 0 Å². The highest BCUT2D eigenvalue weighted by molar-refractivity contribution is 7.99. The van der Waals surface area contributed by atoms with Crippen molar-refractivity contribution >= 4 is 23.8 Å². The molecular weight excluding hydrogens is 240 g/mol. The second-order valence-electron chi connectivity index (χ2n) is 4.67. The first-order chi connectivity index (χ1) is 8.14. The van der Waals surface area contributed by atoms with Gasteiger partial charge in [-0.05, 0) is 31.4 Å². The van der Waals surface area contributed by atoms with Crippen LogP contribution in [0, 0.1) is 0 Å². The van der Waals surface area contributed by atoms with Crippen molar-refractivity contribution in [3.63, 3.8) is 0 Å². The van der Waals surface area contributed by atoms with E-state index in [0.717, 1.165) is 38.1 Å². The molecule has 17 heavy (non-hydrogen) atoms. The van der Waals surface area contributed by atoms with Crippen molar-refractivity contribution in [2.45, 2.75) is 31.2 Å². The van der Waals surface area contributed by atoms with E-state index < -0.39 is 11.5 Å². The van der Waals surface area contributed by atoms with Gasteiger partial charge < -0.3 is 15.3 Å². The van der Waals surface area contributed by atoms with Crippen LogP contribution in [0.2, 0.25) is 0 Å².